The quantitative estimate of drug-likeness (QED) is 0.594. The van der Waals surface area contributed by atoms with Crippen LogP contribution in [0.2, 0.25) is 0 Å². The summed E-state index contributed by atoms with van der Waals surface area (Å²) in [5, 5.41) is 15.9. The lowest BCUT2D eigenvalue weighted by molar-refractivity contribution is 0.0741. The summed E-state index contributed by atoms with van der Waals surface area (Å²) in [6, 6.07) is 0. The van der Waals surface area contributed by atoms with Crippen molar-refractivity contribution in [3.63, 3.8) is 0 Å². The van der Waals surface area contributed by atoms with Crippen LogP contribution in [0.5, 0.6) is 0 Å². The number of rotatable bonds is 1. The van der Waals surface area contributed by atoms with E-state index in [1.807, 2.05) is 0 Å². The molecule has 2 aliphatic rings. The summed E-state index contributed by atoms with van der Waals surface area (Å²) >= 11 is 0. The highest BCUT2D eigenvalue weighted by atomic mass is 16.3. The molecular formula is C10H15N5O2. The van der Waals surface area contributed by atoms with Gasteiger partial charge >= 0.3 is 0 Å². The lowest BCUT2D eigenvalue weighted by atomic mass is 10.00. The Labute approximate surface area is 98.0 Å². The number of aliphatic hydroxyl groups is 1. The molecule has 1 aliphatic carbocycles. The van der Waals surface area contributed by atoms with Gasteiger partial charge in [-0.2, -0.15) is 4.98 Å². The molecule has 0 radical (unpaired) electrons. The minimum atomic E-state index is -0.266. The average molecular weight is 237 g/mol. The van der Waals surface area contributed by atoms with Gasteiger partial charge in [0.2, 0.25) is 11.8 Å². The predicted molar refractivity (Wildman–Crippen MR) is 58.9 cm³/mol. The van der Waals surface area contributed by atoms with Gasteiger partial charge in [0.25, 0.3) is 5.91 Å². The number of nitrogen functional groups attached to an aromatic ring is 1. The summed E-state index contributed by atoms with van der Waals surface area (Å²) in [6.07, 6.45) is 1.58. The SMILES string of the molecule is Nc1n[nH]c(C(=O)N2CC3CCC(O)C3C2)n1. The first kappa shape index (κ1) is 10.5. The second kappa shape index (κ2) is 3.69. The molecule has 0 spiro atoms. The number of likely N-dealkylation sites (tertiary alicyclic amines) is 1. The molecule has 7 nitrogen and oxygen atoms in total. The molecule has 0 bridgehead atoms. The zero-order valence-corrected chi connectivity index (χ0v) is 9.33. The molecule has 3 unspecified atom stereocenters. The Balaban J connectivity index is 1.73. The third-order valence-corrected chi connectivity index (χ3v) is 3.81. The average Bonchev–Trinajstić information content (AvgIpc) is 2.96. The zero-order chi connectivity index (χ0) is 12.0. The van der Waals surface area contributed by atoms with Crippen molar-refractivity contribution in [1.29, 1.82) is 0 Å². The van der Waals surface area contributed by atoms with E-state index in [9.17, 15) is 9.90 Å². The molecule has 1 aromatic rings. The summed E-state index contributed by atoms with van der Waals surface area (Å²) in [4.78, 5) is 17.6. The number of carbonyl (C=O) groups excluding carboxylic acids is 1. The van der Waals surface area contributed by atoms with Crippen molar-refractivity contribution in [3.8, 4) is 0 Å². The number of nitrogens with zero attached hydrogens (tertiary/aromatic N) is 3. The Morgan fingerprint density at radius 2 is 2.29 bits per heavy atom. The van der Waals surface area contributed by atoms with Crippen molar-refractivity contribution in [1.82, 2.24) is 20.1 Å². The van der Waals surface area contributed by atoms with Crippen LogP contribution in [0.25, 0.3) is 0 Å². The largest absolute Gasteiger partial charge is 0.393 e. The number of aromatic amines is 1. The number of hydrogen-bond acceptors (Lipinski definition) is 5. The van der Waals surface area contributed by atoms with Crippen LogP contribution in [-0.2, 0) is 0 Å². The van der Waals surface area contributed by atoms with Gasteiger partial charge in [-0.25, -0.2) is 0 Å². The molecule has 1 saturated heterocycles. The molecule has 7 heteroatoms. The molecule has 2 fully saturated rings. The molecule has 3 rings (SSSR count). The molecule has 17 heavy (non-hydrogen) atoms. The van der Waals surface area contributed by atoms with Gasteiger partial charge in [0.1, 0.15) is 0 Å². The van der Waals surface area contributed by atoms with Crippen molar-refractivity contribution in [3.05, 3.63) is 5.82 Å². The molecule has 1 aliphatic heterocycles. The van der Waals surface area contributed by atoms with Crippen LogP contribution in [0, 0.1) is 11.8 Å². The number of aliphatic hydroxyl groups excluding tert-OH is 1. The highest BCUT2D eigenvalue weighted by Gasteiger charge is 2.43. The van der Waals surface area contributed by atoms with Gasteiger partial charge < -0.3 is 15.7 Å². The molecule has 3 atom stereocenters. The number of amides is 1. The molecule has 0 aromatic carbocycles. The van der Waals surface area contributed by atoms with Gasteiger partial charge in [0, 0.05) is 19.0 Å². The third kappa shape index (κ3) is 1.66. The second-order valence-electron chi connectivity index (χ2n) is 4.82. The first-order valence-electron chi connectivity index (χ1n) is 5.80. The second-order valence-corrected chi connectivity index (χ2v) is 4.82. The van der Waals surface area contributed by atoms with Crippen molar-refractivity contribution in [2.45, 2.75) is 18.9 Å². The highest BCUT2D eigenvalue weighted by molar-refractivity contribution is 5.90. The van der Waals surface area contributed by atoms with E-state index in [2.05, 4.69) is 15.2 Å². The summed E-state index contributed by atoms with van der Waals surface area (Å²) < 4.78 is 0. The van der Waals surface area contributed by atoms with Crippen molar-refractivity contribution in [2.75, 3.05) is 18.8 Å². The summed E-state index contributed by atoms with van der Waals surface area (Å²) in [5.41, 5.74) is 5.36. The maximum Gasteiger partial charge on any atom is 0.291 e. The predicted octanol–water partition coefficient (Wildman–Crippen LogP) is -0.770. The molecule has 1 saturated carbocycles. The number of nitrogens with one attached hydrogen (secondary N) is 1. The number of hydrogen-bond donors (Lipinski definition) is 3. The number of nitrogens with two attached hydrogens (primary N) is 1. The molecule has 92 valence electrons. The lowest BCUT2D eigenvalue weighted by Crippen LogP contribution is -2.31. The minimum Gasteiger partial charge on any atom is -0.393 e. The Bertz CT molecular complexity index is 446. The highest BCUT2D eigenvalue weighted by Crippen LogP contribution is 2.38. The molecule has 1 aromatic heterocycles. The summed E-state index contributed by atoms with van der Waals surface area (Å²) in [7, 11) is 0. The van der Waals surface area contributed by atoms with Gasteiger partial charge in [-0.05, 0) is 18.8 Å². The topological polar surface area (TPSA) is 108 Å². The first-order chi connectivity index (χ1) is 8.15. The standard InChI is InChI=1S/C10H15N5O2/c11-10-12-8(13-14-10)9(17)15-3-5-1-2-7(16)6(5)4-15/h5-7,16H,1-4H2,(H3,11,12,13,14). The van der Waals surface area contributed by atoms with Gasteiger partial charge in [-0.1, -0.05) is 0 Å². The normalized spacial score (nSPS) is 31.8. The van der Waals surface area contributed by atoms with Gasteiger partial charge in [-0.15, -0.1) is 5.10 Å². The molecule has 1 amide bonds. The van der Waals surface area contributed by atoms with Gasteiger partial charge in [0.15, 0.2) is 0 Å². The molecule has 2 heterocycles. The maximum atomic E-state index is 12.1. The fraction of sp³-hybridized carbons (Fsp3) is 0.700. The van der Waals surface area contributed by atoms with E-state index in [1.54, 1.807) is 4.90 Å². The van der Waals surface area contributed by atoms with Crippen molar-refractivity contribution in [2.24, 2.45) is 11.8 Å². The van der Waals surface area contributed by atoms with Gasteiger partial charge in [0.05, 0.1) is 6.10 Å². The maximum absolute atomic E-state index is 12.1. The van der Waals surface area contributed by atoms with Gasteiger partial charge in [-0.3, -0.25) is 9.89 Å². The van der Waals surface area contributed by atoms with Crippen LogP contribution in [0.1, 0.15) is 23.5 Å². The van der Waals surface area contributed by atoms with Crippen LogP contribution in [0.4, 0.5) is 5.95 Å². The lowest BCUT2D eigenvalue weighted by Gasteiger charge is -2.16. The Hall–Kier alpha value is -1.63. The number of fused-ring (bicyclic) bond motifs is 1. The zero-order valence-electron chi connectivity index (χ0n) is 9.33. The number of H-pyrrole nitrogens is 1. The first-order valence-corrected chi connectivity index (χ1v) is 5.80. The molecule has 4 N–H and O–H groups in total. The van der Waals surface area contributed by atoms with Crippen molar-refractivity contribution >= 4 is 11.9 Å². The number of aromatic nitrogens is 3. The van der Waals surface area contributed by atoms with Crippen molar-refractivity contribution < 1.29 is 9.90 Å². The molecular weight excluding hydrogens is 222 g/mol. The van der Waals surface area contributed by atoms with E-state index in [0.29, 0.717) is 19.0 Å². The van der Waals surface area contributed by atoms with Crippen LogP contribution in [0.3, 0.4) is 0 Å². The van der Waals surface area contributed by atoms with Crippen LogP contribution in [-0.4, -0.2) is 50.3 Å². The van der Waals surface area contributed by atoms with E-state index in [-0.39, 0.29) is 29.7 Å². The van der Waals surface area contributed by atoms with E-state index in [1.165, 1.54) is 0 Å². The van der Waals surface area contributed by atoms with E-state index < -0.39 is 0 Å². The van der Waals surface area contributed by atoms with E-state index in [0.717, 1.165) is 12.8 Å². The minimum absolute atomic E-state index is 0.0766. The number of anilines is 1. The monoisotopic (exact) mass is 237 g/mol. The van der Waals surface area contributed by atoms with Crippen LogP contribution < -0.4 is 5.73 Å². The van der Waals surface area contributed by atoms with E-state index >= 15 is 0 Å². The van der Waals surface area contributed by atoms with E-state index in [4.69, 9.17) is 5.73 Å². The Morgan fingerprint density at radius 3 is 2.94 bits per heavy atom. The van der Waals surface area contributed by atoms with Crippen LogP contribution >= 0.6 is 0 Å². The van der Waals surface area contributed by atoms with Crippen LogP contribution in [0.15, 0.2) is 0 Å². The third-order valence-electron chi connectivity index (χ3n) is 3.81. The summed E-state index contributed by atoms with van der Waals surface area (Å²) in [5.74, 6) is 0.717. The Morgan fingerprint density at radius 1 is 1.47 bits per heavy atom. The number of carbonyl (C=O) groups is 1. The fourth-order valence-electron chi connectivity index (χ4n) is 2.92. The summed E-state index contributed by atoms with van der Waals surface area (Å²) in [6.45, 7) is 1.30. The Kier molecular flexibility index (Phi) is 2.29. The fourth-order valence-corrected chi connectivity index (χ4v) is 2.92. The smallest absolute Gasteiger partial charge is 0.291 e.